The molecule has 0 spiro atoms. The minimum absolute atomic E-state index is 0.248. The summed E-state index contributed by atoms with van der Waals surface area (Å²) in [6.45, 7) is 0.943. The molecule has 0 saturated carbocycles. The number of carbonyl (C=O) groups excluding carboxylic acids is 1. The summed E-state index contributed by atoms with van der Waals surface area (Å²) in [6, 6.07) is 15.1. The lowest BCUT2D eigenvalue weighted by molar-refractivity contribution is 0.0927. The Balaban J connectivity index is 1.47. The van der Waals surface area contributed by atoms with Crippen LogP contribution in [0, 0.1) is 0 Å². The van der Waals surface area contributed by atoms with E-state index in [0.29, 0.717) is 24.6 Å². The predicted octanol–water partition coefficient (Wildman–Crippen LogP) is 2.23. The molecule has 4 rings (SSSR count). The number of amides is 1. The molecule has 3 aromatic heterocycles. The summed E-state index contributed by atoms with van der Waals surface area (Å²) in [7, 11) is 0. The van der Waals surface area contributed by atoms with Gasteiger partial charge in [0, 0.05) is 24.7 Å². The van der Waals surface area contributed by atoms with E-state index in [0.717, 1.165) is 17.1 Å². The van der Waals surface area contributed by atoms with Gasteiger partial charge in [0.1, 0.15) is 12.1 Å². The number of benzene rings is 1. The summed E-state index contributed by atoms with van der Waals surface area (Å²) in [5.74, 6) is 1.30. The number of aromatic nitrogens is 4. The molecule has 3 heterocycles. The van der Waals surface area contributed by atoms with E-state index in [1.54, 1.807) is 16.6 Å². The molecule has 8 heteroatoms. The van der Waals surface area contributed by atoms with Gasteiger partial charge in [-0.1, -0.05) is 30.3 Å². The first-order valence-electron chi connectivity index (χ1n) is 8.13. The first-order valence-corrected chi connectivity index (χ1v) is 8.13. The average Bonchev–Trinajstić information content (AvgIpc) is 3.37. The Bertz CT molecular complexity index is 1010. The van der Waals surface area contributed by atoms with Crippen molar-refractivity contribution in [1.82, 2.24) is 24.9 Å². The van der Waals surface area contributed by atoms with Gasteiger partial charge in [0.05, 0.1) is 12.0 Å². The van der Waals surface area contributed by atoms with E-state index >= 15 is 0 Å². The van der Waals surface area contributed by atoms with Gasteiger partial charge in [0.15, 0.2) is 5.76 Å². The monoisotopic (exact) mass is 348 g/mol. The molecular formula is C18H16N6O2. The van der Waals surface area contributed by atoms with Gasteiger partial charge in [0.25, 0.3) is 11.7 Å². The summed E-state index contributed by atoms with van der Waals surface area (Å²) in [5, 5.41) is 10.2. The van der Waals surface area contributed by atoms with Crippen molar-refractivity contribution in [3.8, 4) is 11.3 Å². The number of rotatable bonds is 6. The molecule has 0 bridgehead atoms. The first kappa shape index (κ1) is 15.8. The van der Waals surface area contributed by atoms with Crippen molar-refractivity contribution in [2.24, 2.45) is 0 Å². The first-order chi connectivity index (χ1) is 12.8. The number of nitrogens with zero attached hydrogens (tertiary/aromatic N) is 4. The summed E-state index contributed by atoms with van der Waals surface area (Å²) < 4.78 is 6.69. The highest BCUT2D eigenvalue weighted by Gasteiger charge is 2.10. The number of fused-ring (bicyclic) bond motifs is 1. The van der Waals surface area contributed by atoms with Gasteiger partial charge < -0.3 is 15.1 Å². The highest BCUT2D eigenvalue weighted by atomic mass is 16.3. The number of hydrogen-bond acceptors (Lipinski definition) is 6. The molecule has 0 radical (unpaired) electrons. The Labute approximate surface area is 148 Å². The van der Waals surface area contributed by atoms with Crippen LogP contribution in [0.25, 0.3) is 17.0 Å². The minimum Gasteiger partial charge on any atom is -0.459 e. The standard InChI is InChI=1S/C18H16N6O2/c25-17(15-7-4-10-26-15)20-9-8-19-16-11-14(13-5-2-1-3-6-13)23-18-21-12-22-24(16)18/h1-7,10-12,19H,8-9H2,(H,20,25). The third-order valence-electron chi connectivity index (χ3n) is 3.78. The van der Waals surface area contributed by atoms with E-state index in [9.17, 15) is 4.79 Å². The maximum absolute atomic E-state index is 11.9. The van der Waals surface area contributed by atoms with Crippen LogP contribution in [-0.2, 0) is 0 Å². The highest BCUT2D eigenvalue weighted by molar-refractivity contribution is 5.91. The lowest BCUT2D eigenvalue weighted by Crippen LogP contribution is -2.28. The smallest absolute Gasteiger partial charge is 0.287 e. The van der Waals surface area contributed by atoms with Crippen LogP contribution in [0.2, 0.25) is 0 Å². The van der Waals surface area contributed by atoms with Crippen LogP contribution in [0.3, 0.4) is 0 Å². The molecular weight excluding hydrogens is 332 g/mol. The van der Waals surface area contributed by atoms with E-state index in [4.69, 9.17) is 4.42 Å². The topological polar surface area (TPSA) is 97.3 Å². The van der Waals surface area contributed by atoms with E-state index < -0.39 is 0 Å². The fraction of sp³-hybridized carbons (Fsp3) is 0.111. The van der Waals surface area contributed by atoms with Crippen molar-refractivity contribution in [2.45, 2.75) is 0 Å². The zero-order valence-electron chi connectivity index (χ0n) is 13.8. The number of carbonyl (C=O) groups is 1. The van der Waals surface area contributed by atoms with Crippen molar-refractivity contribution in [3.63, 3.8) is 0 Å². The minimum atomic E-state index is -0.248. The maximum Gasteiger partial charge on any atom is 0.287 e. The number of nitrogens with one attached hydrogen (secondary N) is 2. The summed E-state index contributed by atoms with van der Waals surface area (Å²) in [6.07, 6.45) is 2.93. The largest absolute Gasteiger partial charge is 0.459 e. The SMILES string of the molecule is O=C(NCCNc1cc(-c2ccccc2)nc2ncnn12)c1ccco1. The third kappa shape index (κ3) is 3.25. The second-order valence-electron chi connectivity index (χ2n) is 5.52. The Morgan fingerprint density at radius 3 is 2.81 bits per heavy atom. The molecule has 0 fully saturated rings. The lowest BCUT2D eigenvalue weighted by Gasteiger charge is -2.10. The molecule has 0 aliphatic rings. The van der Waals surface area contributed by atoms with Gasteiger partial charge in [-0.15, -0.1) is 0 Å². The summed E-state index contributed by atoms with van der Waals surface area (Å²) in [5.41, 5.74) is 1.79. The average molecular weight is 348 g/mol. The molecule has 1 amide bonds. The second kappa shape index (κ2) is 7.06. The Hall–Kier alpha value is -3.68. The van der Waals surface area contributed by atoms with Gasteiger partial charge in [-0.05, 0) is 12.1 Å². The molecule has 4 aromatic rings. The normalized spacial score (nSPS) is 10.8. The van der Waals surface area contributed by atoms with Gasteiger partial charge in [-0.2, -0.15) is 14.6 Å². The molecule has 0 atom stereocenters. The van der Waals surface area contributed by atoms with Gasteiger partial charge in [0.2, 0.25) is 0 Å². The number of hydrogen-bond donors (Lipinski definition) is 2. The van der Waals surface area contributed by atoms with Crippen LogP contribution in [0.4, 0.5) is 5.82 Å². The molecule has 0 unspecified atom stereocenters. The Kier molecular flexibility index (Phi) is 4.29. The van der Waals surface area contributed by atoms with Crippen LogP contribution in [0.15, 0.2) is 65.5 Å². The third-order valence-corrected chi connectivity index (χ3v) is 3.78. The van der Waals surface area contributed by atoms with E-state index in [1.165, 1.54) is 12.6 Å². The molecule has 2 N–H and O–H groups in total. The zero-order valence-corrected chi connectivity index (χ0v) is 13.8. The molecule has 0 aliphatic carbocycles. The number of anilines is 1. The molecule has 1 aromatic carbocycles. The molecule has 130 valence electrons. The van der Waals surface area contributed by atoms with Crippen LogP contribution in [-0.4, -0.2) is 38.6 Å². The molecule has 0 saturated heterocycles. The fourth-order valence-corrected chi connectivity index (χ4v) is 2.56. The number of furan rings is 1. The van der Waals surface area contributed by atoms with Crippen molar-refractivity contribution >= 4 is 17.5 Å². The maximum atomic E-state index is 11.9. The highest BCUT2D eigenvalue weighted by Crippen LogP contribution is 2.20. The van der Waals surface area contributed by atoms with Gasteiger partial charge >= 0.3 is 0 Å². The second-order valence-corrected chi connectivity index (χ2v) is 5.52. The van der Waals surface area contributed by atoms with E-state index in [-0.39, 0.29) is 5.91 Å². The van der Waals surface area contributed by atoms with Crippen molar-refractivity contribution < 1.29 is 9.21 Å². The predicted molar refractivity (Wildman–Crippen MR) is 95.7 cm³/mol. The molecule has 26 heavy (non-hydrogen) atoms. The van der Waals surface area contributed by atoms with Gasteiger partial charge in [-0.25, -0.2) is 4.98 Å². The molecule has 8 nitrogen and oxygen atoms in total. The Morgan fingerprint density at radius 2 is 2.00 bits per heavy atom. The van der Waals surface area contributed by atoms with E-state index in [2.05, 4.69) is 25.7 Å². The molecule has 0 aliphatic heterocycles. The van der Waals surface area contributed by atoms with Crippen molar-refractivity contribution in [2.75, 3.05) is 18.4 Å². The van der Waals surface area contributed by atoms with Crippen LogP contribution < -0.4 is 10.6 Å². The van der Waals surface area contributed by atoms with Crippen LogP contribution >= 0.6 is 0 Å². The lowest BCUT2D eigenvalue weighted by atomic mass is 10.1. The summed E-state index contributed by atoms with van der Waals surface area (Å²) in [4.78, 5) is 20.6. The zero-order chi connectivity index (χ0) is 17.8. The van der Waals surface area contributed by atoms with Gasteiger partial charge in [-0.3, -0.25) is 4.79 Å². The summed E-state index contributed by atoms with van der Waals surface area (Å²) >= 11 is 0. The van der Waals surface area contributed by atoms with Crippen molar-refractivity contribution in [1.29, 1.82) is 0 Å². The van der Waals surface area contributed by atoms with Crippen LogP contribution in [0.5, 0.6) is 0 Å². The Morgan fingerprint density at radius 1 is 1.12 bits per heavy atom. The van der Waals surface area contributed by atoms with E-state index in [1.807, 2.05) is 36.4 Å². The van der Waals surface area contributed by atoms with Crippen LogP contribution in [0.1, 0.15) is 10.6 Å². The quantitative estimate of drug-likeness (QED) is 0.519. The fourth-order valence-electron chi connectivity index (χ4n) is 2.56. The van der Waals surface area contributed by atoms with Crippen molar-refractivity contribution in [3.05, 3.63) is 66.9 Å².